The van der Waals surface area contributed by atoms with Crippen molar-refractivity contribution in [2.45, 2.75) is 0 Å². The van der Waals surface area contributed by atoms with Crippen LogP contribution in [0.1, 0.15) is 10.4 Å². The first kappa shape index (κ1) is 19.8. The Morgan fingerprint density at radius 1 is 1.07 bits per heavy atom. The predicted octanol–water partition coefficient (Wildman–Crippen LogP) is 4.29. The van der Waals surface area contributed by atoms with Gasteiger partial charge in [0.1, 0.15) is 11.5 Å². The number of imidazole rings is 1. The Morgan fingerprint density at radius 2 is 1.79 bits per heavy atom. The average molecular weight is 392 g/mol. The largest absolute Gasteiger partial charge is 0.483 e. The maximum Gasteiger partial charge on any atom is 0.337 e. The molecule has 146 valence electrons. The quantitative estimate of drug-likeness (QED) is 0.415. The molecule has 2 heterocycles. The van der Waals surface area contributed by atoms with Crippen molar-refractivity contribution in [3.8, 4) is 22.4 Å². The van der Waals surface area contributed by atoms with E-state index in [1.807, 2.05) is 34.9 Å². The van der Waals surface area contributed by atoms with Crippen LogP contribution in [0.4, 0.5) is 4.39 Å². The minimum absolute atomic E-state index is 0.250. The number of rotatable bonds is 3. The fourth-order valence-corrected chi connectivity index (χ4v) is 2.94. The molecule has 4 aromatic rings. The molecule has 29 heavy (non-hydrogen) atoms. The van der Waals surface area contributed by atoms with Gasteiger partial charge in [0.2, 0.25) is 0 Å². The molecule has 0 amide bonds. The fraction of sp³-hybridized carbons (Fsp3) is 0.0455. The van der Waals surface area contributed by atoms with Crippen molar-refractivity contribution in [2.24, 2.45) is 0 Å². The molecule has 0 saturated carbocycles. The lowest BCUT2D eigenvalue weighted by molar-refractivity contribution is -0.122. The number of carboxylic acid groups (broad SMARTS) is 1. The molecule has 0 bridgehead atoms. The van der Waals surface area contributed by atoms with Crippen molar-refractivity contribution in [2.75, 3.05) is 7.11 Å². The molecule has 0 aliphatic rings. The lowest BCUT2D eigenvalue weighted by Gasteiger charge is -2.06. The van der Waals surface area contributed by atoms with E-state index in [4.69, 9.17) is 14.6 Å². The van der Waals surface area contributed by atoms with Crippen LogP contribution in [0.15, 0.2) is 73.1 Å². The highest BCUT2D eigenvalue weighted by Crippen LogP contribution is 2.26. The third-order valence-corrected chi connectivity index (χ3v) is 4.27. The zero-order chi connectivity index (χ0) is 20.8. The van der Waals surface area contributed by atoms with Crippen LogP contribution in [0.5, 0.6) is 0 Å². The summed E-state index contributed by atoms with van der Waals surface area (Å²) in [6.45, 7) is -0.250. The molecule has 0 atom stereocenters. The number of fused-ring (bicyclic) bond motifs is 1. The van der Waals surface area contributed by atoms with E-state index < -0.39 is 0 Å². The Bertz CT molecular complexity index is 1150. The standard InChI is InChI=1S/C21H15FN2O2.CH2O2/c1-26-21(25)17-4-2-3-16(11-17)19-13-23-20-12-15(9-10-24(19)20)14-5-7-18(22)8-6-14;2-1-3/h2-13H,1H3;1H,(H,2,3). The minimum atomic E-state index is -0.376. The van der Waals surface area contributed by atoms with Gasteiger partial charge in [-0.2, -0.15) is 0 Å². The van der Waals surface area contributed by atoms with Gasteiger partial charge >= 0.3 is 5.97 Å². The topological polar surface area (TPSA) is 80.9 Å². The van der Waals surface area contributed by atoms with E-state index in [0.29, 0.717) is 5.56 Å². The van der Waals surface area contributed by atoms with Gasteiger partial charge in [-0.3, -0.25) is 9.20 Å². The van der Waals surface area contributed by atoms with Gasteiger partial charge in [0.05, 0.1) is 24.6 Å². The second kappa shape index (κ2) is 8.79. The highest BCUT2D eigenvalue weighted by atomic mass is 19.1. The first-order valence-corrected chi connectivity index (χ1v) is 8.57. The molecular formula is C22H17FN2O4. The van der Waals surface area contributed by atoms with Gasteiger partial charge in [-0.1, -0.05) is 24.3 Å². The van der Waals surface area contributed by atoms with E-state index in [-0.39, 0.29) is 18.3 Å². The third kappa shape index (κ3) is 4.30. The Hall–Kier alpha value is -4.00. The molecule has 0 spiro atoms. The highest BCUT2D eigenvalue weighted by Gasteiger charge is 2.11. The Kier molecular flexibility index (Phi) is 5.99. The number of hydrogen-bond acceptors (Lipinski definition) is 4. The minimum Gasteiger partial charge on any atom is -0.483 e. The fourth-order valence-electron chi connectivity index (χ4n) is 2.94. The maximum atomic E-state index is 13.1. The first-order valence-electron chi connectivity index (χ1n) is 8.57. The van der Waals surface area contributed by atoms with Crippen LogP contribution in [-0.2, 0) is 9.53 Å². The molecule has 0 saturated heterocycles. The summed E-state index contributed by atoms with van der Waals surface area (Å²) in [5.74, 6) is -0.636. The molecule has 6 nitrogen and oxygen atoms in total. The summed E-state index contributed by atoms with van der Waals surface area (Å²) < 4.78 is 19.8. The molecule has 2 aromatic heterocycles. The number of nitrogens with zero attached hydrogens (tertiary/aromatic N) is 2. The summed E-state index contributed by atoms with van der Waals surface area (Å²) in [6.07, 6.45) is 3.68. The second-order valence-corrected chi connectivity index (χ2v) is 5.97. The van der Waals surface area contributed by atoms with Crippen LogP contribution in [0.2, 0.25) is 0 Å². The van der Waals surface area contributed by atoms with Crippen LogP contribution >= 0.6 is 0 Å². The van der Waals surface area contributed by atoms with Gasteiger partial charge < -0.3 is 9.84 Å². The smallest absolute Gasteiger partial charge is 0.337 e. The van der Waals surface area contributed by atoms with Gasteiger partial charge in [0.15, 0.2) is 0 Å². The second-order valence-electron chi connectivity index (χ2n) is 5.97. The number of aromatic nitrogens is 2. The van der Waals surface area contributed by atoms with Crippen LogP contribution in [0.3, 0.4) is 0 Å². The molecule has 0 unspecified atom stereocenters. The number of carbonyl (C=O) groups excluding carboxylic acids is 1. The highest BCUT2D eigenvalue weighted by molar-refractivity contribution is 5.90. The molecule has 4 rings (SSSR count). The average Bonchev–Trinajstić information content (AvgIpc) is 3.17. The van der Waals surface area contributed by atoms with Gasteiger partial charge in [-0.25, -0.2) is 14.2 Å². The van der Waals surface area contributed by atoms with E-state index in [1.165, 1.54) is 19.2 Å². The number of pyridine rings is 1. The molecule has 0 aliphatic carbocycles. The summed E-state index contributed by atoms with van der Waals surface area (Å²) in [7, 11) is 1.36. The number of ether oxygens (including phenoxy) is 1. The molecule has 0 fully saturated rings. The van der Waals surface area contributed by atoms with Crippen molar-refractivity contribution in [3.05, 3.63) is 84.4 Å². The Balaban J connectivity index is 0.000000755. The van der Waals surface area contributed by atoms with Crippen molar-refractivity contribution >= 4 is 18.1 Å². The molecule has 0 radical (unpaired) electrons. The van der Waals surface area contributed by atoms with Crippen molar-refractivity contribution in [1.82, 2.24) is 9.38 Å². The summed E-state index contributed by atoms with van der Waals surface area (Å²) in [4.78, 5) is 24.6. The van der Waals surface area contributed by atoms with Crippen LogP contribution in [0.25, 0.3) is 28.0 Å². The summed E-state index contributed by atoms with van der Waals surface area (Å²) in [5.41, 5.74) is 4.88. The SMILES string of the molecule is COC(=O)c1cccc(-c2cnc3cc(-c4ccc(F)cc4)ccn23)c1.O=CO. The number of benzene rings is 2. The molecule has 0 aliphatic heterocycles. The molecular weight excluding hydrogens is 375 g/mol. The Labute approximate surface area is 165 Å². The van der Waals surface area contributed by atoms with E-state index >= 15 is 0 Å². The summed E-state index contributed by atoms with van der Waals surface area (Å²) in [5, 5.41) is 6.89. The van der Waals surface area contributed by atoms with Crippen LogP contribution in [0, 0.1) is 5.82 Å². The maximum absolute atomic E-state index is 13.1. The van der Waals surface area contributed by atoms with Crippen LogP contribution in [-0.4, -0.2) is 34.0 Å². The lowest BCUT2D eigenvalue weighted by Crippen LogP contribution is -2.01. The molecule has 2 aromatic carbocycles. The Morgan fingerprint density at radius 3 is 2.48 bits per heavy atom. The number of carbonyl (C=O) groups is 2. The normalized spacial score (nSPS) is 10.1. The van der Waals surface area contributed by atoms with E-state index in [1.54, 1.807) is 30.5 Å². The molecule has 1 N–H and O–H groups in total. The number of esters is 1. The number of methoxy groups -OCH3 is 1. The van der Waals surface area contributed by atoms with E-state index in [9.17, 15) is 9.18 Å². The summed E-state index contributed by atoms with van der Waals surface area (Å²) >= 11 is 0. The number of hydrogen-bond donors (Lipinski definition) is 1. The third-order valence-electron chi connectivity index (χ3n) is 4.27. The first-order chi connectivity index (χ1) is 14.1. The zero-order valence-corrected chi connectivity index (χ0v) is 15.4. The van der Waals surface area contributed by atoms with E-state index in [2.05, 4.69) is 4.98 Å². The van der Waals surface area contributed by atoms with Crippen LogP contribution < -0.4 is 0 Å². The predicted molar refractivity (Wildman–Crippen MR) is 106 cm³/mol. The van der Waals surface area contributed by atoms with Gasteiger partial charge in [0, 0.05) is 11.8 Å². The summed E-state index contributed by atoms with van der Waals surface area (Å²) in [6, 6.07) is 17.5. The number of halogens is 1. The monoisotopic (exact) mass is 392 g/mol. The molecule has 7 heteroatoms. The van der Waals surface area contributed by atoms with Crippen molar-refractivity contribution in [1.29, 1.82) is 0 Å². The van der Waals surface area contributed by atoms with Crippen molar-refractivity contribution < 1.29 is 23.8 Å². The van der Waals surface area contributed by atoms with Crippen molar-refractivity contribution in [3.63, 3.8) is 0 Å². The van der Waals surface area contributed by atoms with Gasteiger partial charge in [-0.15, -0.1) is 0 Å². The zero-order valence-electron chi connectivity index (χ0n) is 15.4. The lowest BCUT2D eigenvalue weighted by atomic mass is 10.1. The van der Waals surface area contributed by atoms with Gasteiger partial charge in [0.25, 0.3) is 6.47 Å². The van der Waals surface area contributed by atoms with E-state index in [0.717, 1.165) is 28.0 Å². The van der Waals surface area contributed by atoms with Gasteiger partial charge in [-0.05, 0) is 47.5 Å².